The van der Waals surface area contributed by atoms with Gasteiger partial charge in [-0.3, -0.25) is 14.0 Å². The molecule has 0 bridgehead atoms. The molecule has 1 aliphatic heterocycles. The number of hydrogen-bond acceptors (Lipinski definition) is 6. The Morgan fingerprint density at radius 2 is 1.61 bits per heavy atom. The molecule has 182 valence electrons. The summed E-state index contributed by atoms with van der Waals surface area (Å²) in [7, 11) is -2.03. The number of nitrogens with zero attached hydrogens (tertiary/aromatic N) is 5. The highest BCUT2D eigenvalue weighted by Gasteiger charge is 2.31. The van der Waals surface area contributed by atoms with Gasteiger partial charge in [-0.1, -0.05) is 42.5 Å². The first-order valence-corrected chi connectivity index (χ1v) is 12.9. The number of carbonyl (C=O) groups excluding carboxylic acids is 1. The molecule has 0 aliphatic carbocycles. The topological polar surface area (TPSA) is 86.7 Å². The van der Waals surface area contributed by atoms with Crippen LogP contribution in [0, 0.1) is 0 Å². The molecule has 36 heavy (non-hydrogen) atoms. The van der Waals surface area contributed by atoms with Gasteiger partial charge in [-0.15, -0.1) is 6.58 Å². The van der Waals surface area contributed by atoms with Gasteiger partial charge < -0.3 is 4.90 Å². The van der Waals surface area contributed by atoms with E-state index in [0.29, 0.717) is 35.9 Å². The third kappa shape index (κ3) is 4.18. The fraction of sp³-hybridized carbons (Fsp3) is 0.148. The van der Waals surface area contributed by atoms with E-state index in [-0.39, 0.29) is 22.9 Å². The van der Waals surface area contributed by atoms with Crippen LogP contribution in [0.5, 0.6) is 0 Å². The standard InChI is InChI=1S/C27H25N5O3S/c1-3-16-32(21-11-5-4-6-12-21)36(34,35)22-13-9-10-20(19-22)27(33)31-18-17-30(2)25-26(31)29-24-15-8-7-14-23(24)28-25/h3-15,19H,1,16-18H2,2H3. The molecule has 0 saturated carbocycles. The molecule has 0 fully saturated rings. The molecule has 4 aromatic rings. The molecule has 5 rings (SSSR count). The van der Waals surface area contributed by atoms with E-state index in [1.807, 2.05) is 42.3 Å². The van der Waals surface area contributed by atoms with Gasteiger partial charge in [-0.2, -0.15) is 0 Å². The van der Waals surface area contributed by atoms with Gasteiger partial charge in [0.25, 0.3) is 15.9 Å². The first kappa shape index (κ1) is 23.5. The Hall–Kier alpha value is -4.24. The fourth-order valence-electron chi connectivity index (χ4n) is 4.20. The number of rotatable bonds is 6. The summed E-state index contributed by atoms with van der Waals surface area (Å²) >= 11 is 0. The first-order chi connectivity index (χ1) is 17.4. The van der Waals surface area contributed by atoms with Gasteiger partial charge in [0.1, 0.15) is 0 Å². The number of fused-ring (bicyclic) bond motifs is 2. The Labute approximate surface area is 210 Å². The van der Waals surface area contributed by atoms with Crippen LogP contribution in [-0.2, 0) is 10.0 Å². The van der Waals surface area contributed by atoms with Gasteiger partial charge >= 0.3 is 0 Å². The zero-order chi connectivity index (χ0) is 25.3. The minimum Gasteiger partial charge on any atom is -0.355 e. The summed E-state index contributed by atoms with van der Waals surface area (Å²) in [4.78, 5) is 26.7. The van der Waals surface area contributed by atoms with Crippen LogP contribution in [0.4, 0.5) is 17.3 Å². The van der Waals surface area contributed by atoms with Crippen molar-refractivity contribution in [2.75, 3.05) is 40.8 Å². The summed E-state index contributed by atoms with van der Waals surface area (Å²) in [5, 5.41) is 0. The largest absolute Gasteiger partial charge is 0.355 e. The summed E-state index contributed by atoms with van der Waals surface area (Å²) in [5.41, 5.74) is 2.20. The van der Waals surface area contributed by atoms with Crippen molar-refractivity contribution in [1.29, 1.82) is 0 Å². The zero-order valence-corrected chi connectivity index (χ0v) is 20.6. The maximum absolute atomic E-state index is 13.7. The molecule has 0 spiro atoms. The van der Waals surface area contributed by atoms with E-state index in [9.17, 15) is 13.2 Å². The molecule has 0 saturated heterocycles. The second kappa shape index (κ2) is 9.43. The van der Waals surface area contributed by atoms with Crippen LogP contribution >= 0.6 is 0 Å². The van der Waals surface area contributed by atoms with Crippen molar-refractivity contribution < 1.29 is 13.2 Å². The lowest BCUT2D eigenvalue weighted by Crippen LogP contribution is -2.43. The van der Waals surface area contributed by atoms with Crippen molar-refractivity contribution in [3.8, 4) is 0 Å². The lowest BCUT2D eigenvalue weighted by Gasteiger charge is -2.33. The predicted octanol–water partition coefficient (Wildman–Crippen LogP) is 4.11. The Morgan fingerprint density at radius 1 is 0.944 bits per heavy atom. The summed E-state index contributed by atoms with van der Waals surface area (Å²) in [6.45, 7) is 4.78. The number of amides is 1. The molecule has 0 unspecified atom stereocenters. The average Bonchev–Trinajstić information content (AvgIpc) is 2.91. The average molecular weight is 500 g/mol. The molecule has 0 atom stereocenters. The summed E-state index contributed by atoms with van der Waals surface area (Å²) in [6, 6.07) is 22.4. The van der Waals surface area contributed by atoms with Crippen LogP contribution in [0.25, 0.3) is 11.0 Å². The number of hydrogen-bond donors (Lipinski definition) is 0. The summed E-state index contributed by atoms with van der Waals surface area (Å²) < 4.78 is 28.4. The van der Waals surface area contributed by atoms with Crippen molar-refractivity contribution >= 4 is 44.3 Å². The highest BCUT2D eigenvalue weighted by molar-refractivity contribution is 7.92. The molecule has 9 heteroatoms. The number of anilines is 3. The minimum absolute atomic E-state index is 0.0259. The SMILES string of the molecule is C=CCN(c1ccccc1)S(=O)(=O)c1cccc(C(=O)N2CCN(C)c3nc4ccccc4nc32)c1. The molecule has 2 heterocycles. The summed E-state index contributed by atoms with van der Waals surface area (Å²) in [6.07, 6.45) is 1.53. The maximum atomic E-state index is 13.7. The van der Waals surface area contributed by atoms with Gasteiger partial charge in [0.15, 0.2) is 11.6 Å². The van der Waals surface area contributed by atoms with Crippen molar-refractivity contribution in [1.82, 2.24) is 9.97 Å². The van der Waals surface area contributed by atoms with Crippen LogP contribution in [0.1, 0.15) is 10.4 Å². The van der Waals surface area contributed by atoms with Crippen molar-refractivity contribution in [2.24, 2.45) is 0 Å². The normalized spacial score (nSPS) is 13.4. The van der Waals surface area contributed by atoms with Gasteiger partial charge in [-0.05, 0) is 42.5 Å². The number of likely N-dealkylation sites (N-methyl/N-ethyl adjacent to an activating group) is 1. The van der Waals surface area contributed by atoms with E-state index < -0.39 is 10.0 Å². The van der Waals surface area contributed by atoms with E-state index in [1.54, 1.807) is 41.3 Å². The zero-order valence-electron chi connectivity index (χ0n) is 19.8. The van der Waals surface area contributed by atoms with Crippen LogP contribution < -0.4 is 14.1 Å². The molecule has 0 N–H and O–H groups in total. The van der Waals surface area contributed by atoms with E-state index in [2.05, 4.69) is 6.58 Å². The summed E-state index contributed by atoms with van der Waals surface area (Å²) in [5.74, 6) is 0.734. The first-order valence-electron chi connectivity index (χ1n) is 11.5. The molecule has 1 amide bonds. The molecule has 1 aromatic heterocycles. The third-order valence-electron chi connectivity index (χ3n) is 6.06. The van der Waals surface area contributed by atoms with Gasteiger partial charge in [-0.25, -0.2) is 18.4 Å². The highest BCUT2D eigenvalue weighted by atomic mass is 32.2. The third-order valence-corrected chi connectivity index (χ3v) is 7.85. The highest BCUT2D eigenvalue weighted by Crippen LogP contribution is 2.32. The van der Waals surface area contributed by atoms with Crippen molar-refractivity contribution in [3.63, 3.8) is 0 Å². The van der Waals surface area contributed by atoms with Gasteiger partial charge in [0.2, 0.25) is 0 Å². The maximum Gasteiger partial charge on any atom is 0.264 e. The van der Waals surface area contributed by atoms with Crippen LogP contribution in [0.2, 0.25) is 0 Å². The number of aromatic nitrogens is 2. The van der Waals surface area contributed by atoms with Crippen LogP contribution in [0.15, 0.2) is 96.4 Å². The molecular formula is C27H25N5O3S. The molecule has 1 aliphatic rings. The second-order valence-corrected chi connectivity index (χ2v) is 10.3. The number of para-hydroxylation sites is 3. The van der Waals surface area contributed by atoms with E-state index in [1.165, 1.54) is 22.5 Å². The van der Waals surface area contributed by atoms with Crippen molar-refractivity contribution in [3.05, 3.63) is 97.1 Å². The van der Waals surface area contributed by atoms with Gasteiger partial charge in [0.05, 0.1) is 28.2 Å². The minimum atomic E-state index is -3.95. The molecule has 8 nitrogen and oxygen atoms in total. The lowest BCUT2D eigenvalue weighted by atomic mass is 10.2. The van der Waals surface area contributed by atoms with E-state index >= 15 is 0 Å². The van der Waals surface area contributed by atoms with E-state index in [4.69, 9.17) is 9.97 Å². The Balaban J connectivity index is 1.53. The quantitative estimate of drug-likeness (QED) is 0.371. The smallest absolute Gasteiger partial charge is 0.264 e. The number of benzene rings is 3. The molecule has 3 aromatic carbocycles. The predicted molar refractivity (Wildman–Crippen MR) is 142 cm³/mol. The Morgan fingerprint density at radius 3 is 2.31 bits per heavy atom. The lowest BCUT2D eigenvalue weighted by molar-refractivity contribution is 0.0985. The Bertz CT molecular complexity index is 1560. The monoisotopic (exact) mass is 499 g/mol. The van der Waals surface area contributed by atoms with Gasteiger partial charge in [0, 0.05) is 25.7 Å². The fourth-order valence-corrected chi connectivity index (χ4v) is 5.69. The number of sulfonamides is 1. The van der Waals surface area contributed by atoms with Crippen LogP contribution in [-0.4, -0.2) is 51.0 Å². The molecule has 0 radical (unpaired) electrons. The second-order valence-electron chi connectivity index (χ2n) is 8.43. The number of carbonyl (C=O) groups is 1. The van der Waals surface area contributed by atoms with Crippen molar-refractivity contribution in [2.45, 2.75) is 4.90 Å². The molecular weight excluding hydrogens is 474 g/mol. The Kier molecular flexibility index (Phi) is 6.15. The van der Waals surface area contributed by atoms with Crippen LogP contribution in [0.3, 0.4) is 0 Å². The van der Waals surface area contributed by atoms with E-state index in [0.717, 1.165) is 5.52 Å².